The topological polar surface area (TPSA) is 70.6 Å². The summed E-state index contributed by atoms with van der Waals surface area (Å²) in [5, 5.41) is 0. The molecule has 4 rings (SSSR count). The normalized spacial score (nSPS) is 22.0. The summed E-state index contributed by atoms with van der Waals surface area (Å²) in [6.07, 6.45) is 2.70. The summed E-state index contributed by atoms with van der Waals surface area (Å²) in [6, 6.07) is 14.2. The number of anilines is 1. The smallest absolute Gasteiger partial charge is 0.255 e. The molecule has 2 fully saturated rings. The van der Waals surface area contributed by atoms with Gasteiger partial charge in [0, 0.05) is 38.3 Å². The Hall–Kier alpha value is -2.41. The van der Waals surface area contributed by atoms with E-state index in [4.69, 9.17) is 0 Å². The Morgan fingerprint density at radius 3 is 2.41 bits per heavy atom. The van der Waals surface area contributed by atoms with E-state index in [0.717, 1.165) is 25.3 Å². The number of sulfone groups is 1. The predicted octanol–water partition coefficient (Wildman–Crippen LogP) is 1.95. The number of amides is 1. The Kier molecular flexibility index (Phi) is 4.86. The minimum Gasteiger partial charge on any atom is -0.356 e. The third-order valence-corrected chi connectivity index (χ3v) is 7.02. The van der Waals surface area contributed by atoms with Crippen molar-refractivity contribution in [2.45, 2.75) is 12.3 Å². The molecular formula is C20H23N3O3S. The van der Waals surface area contributed by atoms with Gasteiger partial charge in [0.1, 0.15) is 5.82 Å². The second-order valence-corrected chi connectivity index (χ2v) is 9.50. The Bertz CT molecular complexity index is 899. The molecule has 2 aromatic rings. The van der Waals surface area contributed by atoms with Crippen LogP contribution in [0.2, 0.25) is 0 Å². The maximum Gasteiger partial charge on any atom is 0.255 e. The summed E-state index contributed by atoms with van der Waals surface area (Å²) in [4.78, 5) is 20.9. The number of benzene rings is 1. The van der Waals surface area contributed by atoms with E-state index in [0.29, 0.717) is 11.5 Å². The van der Waals surface area contributed by atoms with Gasteiger partial charge in [-0.15, -0.1) is 0 Å². The van der Waals surface area contributed by atoms with Gasteiger partial charge in [0.2, 0.25) is 0 Å². The molecule has 1 aromatic carbocycles. The number of hydrogen-bond donors (Lipinski definition) is 0. The summed E-state index contributed by atoms with van der Waals surface area (Å²) in [6.45, 7) is 2.39. The fraction of sp³-hybridized carbons (Fsp3) is 0.400. The lowest BCUT2D eigenvalue weighted by atomic mass is 9.99. The van der Waals surface area contributed by atoms with Crippen LogP contribution in [-0.4, -0.2) is 61.9 Å². The first-order valence-electron chi connectivity index (χ1n) is 9.27. The molecule has 0 radical (unpaired) electrons. The second-order valence-electron chi connectivity index (χ2n) is 7.19. The van der Waals surface area contributed by atoms with Crippen molar-refractivity contribution in [3.05, 3.63) is 59.8 Å². The molecule has 7 heteroatoms. The van der Waals surface area contributed by atoms with Crippen molar-refractivity contribution in [2.75, 3.05) is 42.6 Å². The number of carbonyl (C=O) groups is 1. The zero-order valence-corrected chi connectivity index (χ0v) is 15.9. The van der Waals surface area contributed by atoms with Crippen molar-refractivity contribution in [3.8, 4) is 0 Å². The van der Waals surface area contributed by atoms with Crippen LogP contribution in [0.3, 0.4) is 0 Å². The molecule has 1 amide bonds. The van der Waals surface area contributed by atoms with Gasteiger partial charge in [0.15, 0.2) is 9.84 Å². The maximum atomic E-state index is 12.6. The molecule has 1 unspecified atom stereocenters. The third kappa shape index (κ3) is 3.98. The highest BCUT2D eigenvalue weighted by Crippen LogP contribution is 2.29. The van der Waals surface area contributed by atoms with Gasteiger partial charge >= 0.3 is 0 Å². The first kappa shape index (κ1) is 18.0. The summed E-state index contributed by atoms with van der Waals surface area (Å²) >= 11 is 0. The Balaban J connectivity index is 1.40. The fourth-order valence-electron chi connectivity index (χ4n) is 3.76. The molecule has 3 heterocycles. The van der Waals surface area contributed by atoms with Crippen molar-refractivity contribution >= 4 is 21.6 Å². The number of rotatable bonds is 3. The highest BCUT2D eigenvalue weighted by molar-refractivity contribution is 7.91. The molecule has 1 aromatic heterocycles. The van der Waals surface area contributed by atoms with E-state index in [1.54, 1.807) is 17.2 Å². The van der Waals surface area contributed by atoms with Crippen LogP contribution in [-0.2, 0) is 9.84 Å². The van der Waals surface area contributed by atoms with Crippen LogP contribution >= 0.6 is 0 Å². The monoisotopic (exact) mass is 385 g/mol. The zero-order chi connectivity index (χ0) is 18.9. The predicted molar refractivity (Wildman–Crippen MR) is 105 cm³/mol. The molecule has 0 N–H and O–H groups in total. The molecule has 2 saturated heterocycles. The van der Waals surface area contributed by atoms with Gasteiger partial charge in [-0.2, -0.15) is 0 Å². The maximum absolute atomic E-state index is 12.6. The Labute approximate surface area is 159 Å². The van der Waals surface area contributed by atoms with E-state index in [9.17, 15) is 13.2 Å². The minimum absolute atomic E-state index is 0.0406. The standard InChI is InChI=1S/C20H23N3O3S/c24-20(22-10-12-27(25,26)13-11-22)17-6-7-19(21-14-17)23-9-8-18(15-23)16-4-2-1-3-5-16/h1-7,14,18H,8-13,15H2. The van der Waals surface area contributed by atoms with Crippen molar-refractivity contribution in [1.82, 2.24) is 9.88 Å². The van der Waals surface area contributed by atoms with Crippen molar-refractivity contribution in [1.29, 1.82) is 0 Å². The summed E-state index contributed by atoms with van der Waals surface area (Å²) in [5.74, 6) is 1.32. The molecule has 6 nitrogen and oxygen atoms in total. The number of nitrogens with zero attached hydrogens (tertiary/aromatic N) is 3. The van der Waals surface area contributed by atoms with Gasteiger partial charge in [0.25, 0.3) is 5.91 Å². The number of carbonyl (C=O) groups excluding carboxylic acids is 1. The van der Waals surface area contributed by atoms with Crippen LogP contribution in [0.15, 0.2) is 48.7 Å². The Morgan fingerprint density at radius 2 is 1.74 bits per heavy atom. The van der Waals surface area contributed by atoms with Gasteiger partial charge in [-0.05, 0) is 24.1 Å². The summed E-state index contributed by atoms with van der Waals surface area (Å²) < 4.78 is 23.0. The van der Waals surface area contributed by atoms with Crippen LogP contribution < -0.4 is 4.90 Å². The average molecular weight is 385 g/mol. The number of pyridine rings is 1. The average Bonchev–Trinajstić information content (AvgIpc) is 3.19. The molecular weight excluding hydrogens is 362 g/mol. The van der Waals surface area contributed by atoms with Gasteiger partial charge in [0.05, 0.1) is 17.1 Å². The lowest BCUT2D eigenvalue weighted by molar-refractivity contribution is 0.0770. The molecule has 0 spiro atoms. The fourth-order valence-corrected chi connectivity index (χ4v) is 4.96. The van der Waals surface area contributed by atoms with Gasteiger partial charge in [-0.3, -0.25) is 4.79 Å². The van der Waals surface area contributed by atoms with Crippen LogP contribution in [0.25, 0.3) is 0 Å². The Morgan fingerprint density at radius 1 is 1.00 bits per heavy atom. The second kappa shape index (κ2) is 7.31. The van der Waals surface area contributed by atoms with E-state index >= 15 is 0 Å². The minimum atomic E-state index is -2.99. The SMILES string of the molecule is O=C(c1ccc(N2CCC(c3ccccc3)C2)nc1)N1CCS(=O)(=O)CC1. The van der Waals surface area contributed by atoms with E-state index in [-0.39, 0.29) is 30.5 Å². The van der Waals surface area contributed by atoms with E-state index in [2.05, 4.69) is 34.1 Å². The van der Waals surface area contributed by atoms with Crippen LogP contribution in [0.4, 0.5) is 5.82 Å². The highest BCUT2D eigenvalue weighted by Gasteiger charge is 2.27. The summed E-state index contributed by atoms with van der Waals surface area (Å²) in [7, 11) is -2.99. The molecule has 0 bridgehead atoms. The third-order valence-electron chi connectivity index (χ3n) is 5.41. The highest BCUT2D eigenvalue weighted by atomic mass is 32.2. The van der Waals surface area contributed by atoms with E-state index in [1.807, 2.05) is 12.1 Å². The lowest BCUT2D eigenvalue weighted by Crippen LogP contribution is -2.43. The number of aromatic nitrogens is 1. The molecule has 142 valence electrons. The zero-order valence-electron chi connectivity index (χ0n) is 15.1. The molecule has 1 atom stereocenters. The largest absolute Gasteiger partial charge is 0.356 e. The molecule has 0 saturated carbocycles. The molecule has 2 aliphatic rings. The van der Waals surface area contributed by atoms with Gasteiger partial charge in [-0.1, -0.05) is 30.3 Å². The van der Waals surface area contributed by atoms with E-state index in [1.165, 1.54) is 5.56 Å². The van der Waals surface area contributed by atoms with Crippen molar-refractivity contribution < 1.29 is 13.2 Å². The first-order chi connectivity index (χ1) is 13.0. The van der Waals surface area contributed by atoms with Gasteiger partial charge in [-0.25, -0.2) is 13.4 Å². The van der Waals surface area contributed by atoms with Gasteiger partial charge < -0.3 is 9.80 Å². The van der Waals surface area contributed by atoms with Crippen molar-refractivity contribution in [3.63, 3.8) is 0 Å². The van der Waals surface area contributed by atoms with E-state index < -0.39 is 9.84 Å². The summed E-state index contributed by atoms with van der Waals surface area (Å²) in [5.41, 5.74) is 1.86. The van der Waals surface area contributed by atoms with Crippen molar-refractivity contribution in [2.24, 2.45) is 0 Å². The molecule has 2 aliphatic heterocycles. The first-order valence-corrected chi connectivity index (χ1v) is 11.1. The van der Waals surface area contributed by atoms with Crippen LogP contribution in [0, 0.1) is 0 Å². The van der Waals surface area contributed by atoms with Crippen LogP contribution in [0.5, 0.6) is 0 Å². The molecule has 27 heavy (non-hydrogen) atoms. The quantitative estimate of drug-likeness (QED) is 0.808. The molecule has 0 aliphatic carbocycles. The lowest BCUT2D eigenvalue weighted by Gasteiger charge is -2.26. The van der Waals surface area contributed by atoms with Crippen LogP contribution in [0.1, 0.15) is 28.3 Å². The number of hydrogen-bond acceptors (Lipinski definition) is 5.